The highest BCUT2D eigenvalue weighted by atomic mass is 19.1. The number of carbonyl (C=O) groups is 1. The number of anilines is 1. The molecule has 3 nitrogen and oxygen atoms in total. The Balaban J connectivity index is 1.91. The first kappa shape index (κ1) is 15.2. The van der Waals surface area contributed by atoms with Crippen molar-refractivity contribution < 1.29 is 9.18 Å². The molecule has 0 unspecified atom stereocenters. The van der Waals surface area contributed by atoms with Crippen LogP contribution in [0.1, 0.15) is 18.5 Å². The molecule has 1 N–H and O–H groups in total. The molecule has 2 aromatic rings. The molecule has 0 saturated heterocycles. The number of hydrogen-bond acceptors (Lipinski definition) is 2. The van der Waals surface area contributed by atoms with Gasteiger partial charge in [0.1, 0.15) is 5.82 Å². The van der Waals surface area contributed by atoms with Crippen molar-refractivity contribution in [3.05, 3.63) is 66.0 Å². The lowest BCUT2D eigenvalue weighted by atomic mass is 10.1. The molecule has 110 valence electrons. The second kappa shape index (κ2) is 6.99. The van der Waals surface area contributed by atoms with E-state index < -0.39 is 0 Å². The third-order valence-corrected chi connectivity index (χ3v) is 3.46. The zero-order valence-electron chi connectivity index (χ0n) is 12.2. The molecule has 0 aliphatic heterocycles. The average molecular weight is 286 g/mol. The van der Waals surface area contributed by atoms with Crippen LogP contribution in [0, 0.1) is 5.82 Å². The number of carbonyl (C=O) groups excluding carboxylic acids is 1. The van der Waals surface area contributed by atoms with Gasteiger partial charge in [0.15, 0.2) is 0 Å². The number of benzene rings is 2. The summed E-state index contributed by atoms with van der Waals surface area (Å²) < 4.78 is 12.8. The van der Waals surface area contributed by atoms with Crippen LogP contribution in [-0.2, 0) is 4.79 Å². The Hall–Kier alpha value is -2.20. The summed E-state index contributed by atoms with van der Waals surface area (Å²) in [6, 6.07) is 15.9. The van der Waals surface area contributed by atoms with Gasteiger partial charge in [-0.3, -0.25) is 9.69 Å². The summed E-state index contributed by atoms with van der Waals surface area (Å²) in [5, 5.41) is 2.76. The van der Waals surface area contributed by atoms with Crippen LogP contribution in [-0.4, -0.2) is 24.4 Å². The van der Waals surface area contributed by atoms with Crippen molar-refractivity contribution in [1.82, 2.24) is 4.90 Å². The van der Waals surface area contributed by atoms with E-state index in [-0.39, 0.29) is 24.3 Å². The molecule has 21 heavy (non-hydrogen) atoms. The maximum atomic E-state index is 12.8. The van der Waals surface area contributed by atoms with Crippen molar-refractivity contribution in [2.75, 3.05) is 18.9 Å². The molecular weight excluding hydrogens is 267 g/mol. The Kier molecular flexibility index (Phi) is 5.06. The minimum Gasteiger partial charge on any atom is -0.325 e. The summed E-state index contributed by atoms with van der Waals surface area (Å²) in [7, 11) is 1.90. The van der Waals surface area contributed by atoms with Gasteiger partial charge in [-0.25, -0.2) is 4.39 Å². The molecule has 0 aliphatic rings. The topological polar surface area (TPSA) is 32.3 Å². The van der Waals surface area contributed by atoms with E-state index in [9.17, 15) is 9.18 Å². The predicted octanol–water partition coefficient (Wildman–Crippen LogP) is 3.46. The summed E-state index contributed by atoms with van der Waals surface area (Å²) in [5.41, 5.74) is 1.76. The molecule has 4 heteroatoms. The fourth-order valence-electron chi connectivity index (χ4n) is 2.08. The monoisotopic (exact) mass is 286 g/mol. The summed E-state index contributed by atoms with van der Waals surface area (Å²) in [4.78, 5) is 14.0. The van der Waals surface area contributed by atoms with Crippen molar-refractivity contribution >= 4 is 11.6 Å². The summed E-state index contributed by atoms with van der Waals surface area (Å²) in [6.07, 6.45) is 0. The van der Waals surface area contributed by atoms with Gasteiger partial charge in [-0.05, 0) is 43.8 Å². The lowest BCUT2D eigenvalue weighted by Gasteiger charge is -2.24. The number of nitrogens with zero attached hydrogens (tertiary/aromatic N) is 1. The number of amides is 1. The van der Waals surface area contributed by atoms with Gasteiger partial charge in [-0.1, -0.05) is 30.3 Å². The van der Waals surface area contributed by atoms with Crippen LogP contribution in [0.4, 0.5) is 10.1 Å². The summed E-state index contributed by atoms with van der Waals surface area (Å²) in [5.74, 6) is -0.435. The van der Waals surface area contributed by atoms with Crippen LogP contribution >= 0.6 is 0 Å². The lowest BCUT2D eigenvalue weighted by molar-refractivity contribution is -0.117. The van der Waals surface area contributed by atoms with Gasteiger partial charge in [-0.15, -0.1) is 0 Å². The van der Waals surface area contributed by atoms with Crippen molar-refractivity contribution in [3.63, 3.8) is 0 Å². The smallest absolute Gasteiger partial charge is 0.238 e. The molecular formula is C17H19FN2O. The van der Waals surface area contributed by atoms with Crippen LogP contribution in [0.25, 0.3) is 0 Å². The Morgan fingerprint density at radius 1 is 1.14 bits per heavy atom. The molecule has 0 bridgehead atoms. The Morgan fingerprint density at radius 2 is 1.76 bits per heavy atom. The first-order valence-corrected chi connectivity index (χ1v) is 6.87. The number of nitrogens with one attached hydrogen (secondary N) is 1. The number of halogens is 1. The van der Waals surface area contributed by atoms with Gasteiger partial charge < -0.3 is 5.32 Å². The van der Waals surface area contributed by atoms with E-state index in [0.29, 0.717) is 5.69 Å². The van der Waals surface area contributed by atoms with Crippen molar-refractivity contribution in [2.45, 2.75) is 13.0 Å². The van der Waals surface area contributed by atoms with E-state index >= 15 is 0 Å². The zero-order valence-corrected chi connectivity index (χ0v) is 12.2. The van der Waals surface area contributed by atoms with Gasteiger partial charge in [-0.2, -0.15) is 0 Å². The van der Waals surface area contributed by atoms with E-state index in [4.69, 9.17) is 0 Å². The second-order valence-electron chi connectivity index (χ2n) is 5.06. The van der Waals surface area contributed by atoms with Crippen LogP contribution in [0.3, 0.4) is 0 Å². The molecule has 0 saturated carbocycles. The Bertz CT molecular complexity index is 583. The SMILES string of the molecule is C[C@H](c1ccccc1)N(C)CC(=O)Nc1ccc(F)cc1. The molecule has 2 aromatic carbocycles. The molecule has 0 heterocycles. The fourth-order valence-corrected chi connectivity index (χ4v) is 2.08. The highest BCUT2D eigenvalue weighted by molar-refractivity contribution is 5.92. The third kappa shape index (κ3) is 4.39. The normalized spacial score (nSPS) is 12.2. The number of hydrogen-bond donors (Lipinski definition) is 1. The molecule has 0 aliphatic carbocycles. The van der Waals surface area contributed by atoms with Crippen molar-refractivity contribution in [2.24, 2.45) is 0 Å². The van der Waals surface area contributed by atoms with Crippen molar-refractivity contribution in [3.8, 4) is 0 Å². The zero-order chi connectivity index (χ0) is 15.2. The van der Waals surface area contributed by atoms with E-state index in [1.165, 1.54) is 12.1 Å². The molecule has 2 rings (SSSR count). The molecule has 0 aromatic heterocycles. The molecule has 0 spiro atoms. The Morgan fingerprint density at radius 3 is 2.38 bits per heavy atom. The van der Waals surface area contributed by atoms with Crippen LogP contribution in [0.2, 0.25) is 0 Å². The van der Waals surface area contributed by atoms with Gasteiger partial charge in [0.2, 0.25) is 5.91 Å². The number of likely N-dealkylation sites (N-methyl/N-ethyl adjacent to an activating group) is 1. The third-order valence-electron chi connectivity index (χ3n) is 3.46. The molecule has 0 radical (unpaired) electrons. The lowest BCUT2D eigenvalue weighted by Crippen LogP contribution is -2.32. The number of rotatable bonds is 5. The van der Waals surface area contributed by atoms with E-state index in [0.717, 1.165) is 5.56 Å². The van der Waals surface area contributed by atoms with Crippen LogP contribution < -0.4 is 5.32 Å². The molecule has 1 amide bonds. The molecule has 1 atom stereocenters. The first-order valence-electron chi connectivity index (χ1n) is 6.87. The predicted molar refractivity (Wildman–Crippen MR) is 82.5 cm³/mol. The van der Waals surface area contributed by atoms with Crippen LogP contribution in [0.5, 0.6) is 0 Å². The summed E-state index contributed by atoms with van der Waals surface area (Å²) >= 11 is 0. The first-order chi connectivity index (χ1) is 10.1. The van der Waals surface area contributed by atoms with Gasteiger partial charge in [0, 0.05) is 11.7 Å². The van der Waals surface area contributed by atoms with Crippen LogP contribution in [0.15, 0.2) is 54.6 Å². The van der Waals surface area contributed by atoms with Gasteiger partial charge in [0.05, 0.1) is 6.54 Å². The van der Waals surface area contributed by atoms with Crippen molar-refractivity contribution in [1.29, 1.82) is 0 Å². The molecule has 0 fully saturated rings. The maximum Gasteiger partial charge on any atom is 0.238 e. The average Bonchev–Trinajstić information content (AvgIpc) is 2.49. The second-order valence-corrected chi connectivity index (χ2v) is 5.06. The maximum absolute atomic E-state index is 12.8. The quantitative estimate of drug-likeness (QED) is 0.913. The van der Waals surface area contributed by atoms with Gasteiger partial charge in [0.25, 0.3) is 0 Å². The largest absolute Gasteiger partial charge is 0.325 e. The Labute approximate surface area is 124 Å². The van der Waals surface area contributed by atoms with E-state index in [1.54, 1.807) is 12.1 Å². The highest BCUT2D eigenvalue weighted by Gasteiger charge is 2.14. The van der Waals surface area contributed by atoms with E-state index in [2.05, 4.69) is 12.2 Å². The minimum absolute atomic E-state index is 0.119. The fraction of sp³-hybridized carbons (Fsp3) is 0.235. The van der Waals surface area contributed by atoms with E-state index in [1.807, 2.05) is 42.3 Å². The standard InChI is InChI=1S/C17H19FN2O/c1-13(14-6-4-3-5-7-14)20(2)12-17(21)19-16-10-8-15(18)9-11-16/h3-11,13H,12H2,1-2H3,(H,19,21)/t13-/m1/s1. The summed E-state index contributed by atoms with van der Waals surface area (Å²) in [6.45, 7) is 2.33. The highest BCUT2D eigenvalue weighted by Crippen LogP contribution is 2.18. The van der Waals surface area contributed by atoms with Gasteiger partial charge >= 0.3 is 0 Å². The minimum atomic E-state index is -0.317.